The van der Waals surface area contributed by atoms with Gasteiger partial charge in [-0.05, 0) is 25.7 Å². The SMILES string of the molecule is CCCCCC/C=C/COC(=O)CCC(=O)OC/C=C/CCCCCC. The van der Waals surface area contributed by atoms with Crippen molar-refractivity contribution in [3.63, 3.8) is 0 Å². The third kappa shape index (κ3) is 18.8. The van der Waals surface area contributed by atoms with E-state index in [1.165, 1.54) is 51.4 Å². The Labute approximate surface area is 160 Å². The molecule has 0 aliphatic carbocycles. The van der Waals surface area contributed by atoms with E-state index in [0.29, 0.717) is 0 Å². The Balaban J connectivity index is 3.51. The number of ether oxygens (including phenoxy) is 2. The average molecular weight is 367 g/mol. The van der Waals surface area contributed by atoms with Gasteiger partial charge in [0.2, 0.25) is 0 Å². The van der Waals surface area contributed by atoms with E-state index < -0.39 is 0 Å². The highest BCUT2D eigenvalue weighted by molar-refractivity contribution is 5.77. The Morgan fingerprint density at radius 2 is 1.04 bits per heavy atom. The lowest BCUT2D eigenvalue weighted by atomic mass is 10.1. The van der Waals surface area contributed by atoms with Crippen molar-refractivity contribution in [1.29, 1.82) is 0 Å². The van der Waals surface area contributed by atoms with Gasteiger partial charge in [-0.3, -0.25) is 9.59 Å². The third-order valence-electron chi connectivity index (χ3n) is 4.00. The van der Waals surface area contributed by atoms with Crippen LogP contribution in [0, 0.1) is 0 Å². The minimum Gasteiger partial charge on any atom is -0.461 e. The third-order valence-corrected chi connectivity index (χ3v) is 4.00. The largest absolute Gasteiger partial charge is 0.461 e. The van der Waals surface area contributed by atoms with Gasteiger partial charge in [0.1, 0.15) is 13.2 Å². The van der Waals surface area contributed by atoms with Gasteiger partial charge in [-0.1, -0.05) is 76.7 Å². The minimum atomic E-state index is -0.357. The van der Waals surface area contributed by atoms with Gasteiger partial charge in [0.05, 0.1) is 12.8 Å². The molecule has 0 aromatic carbocycles. The van der Waals surface area contributed by atoms with Crippen LogP contribution in [-0.4, -0.2) is 25.2 Å². The van der Waals surface area contributed by atoms with E-state index in [4.69, 9.17) is 9.47 Å². The van der Waals surface area contributed by atoms with Crippen LogP contribution in [0.2, 0.25) is 0 Å². The zero-order valence-electron chi connectivity index (χ0n) is 16.8. The van der Waals surface area contributed by atoms with Crippen molar-refractivity contribution in [3.8, 4) is 0 Å². The Kier molecular flexibility index (Phi) is 18.5. The zero-order valence-corrected chi connectivity index (χ0v) is 16.8. The zero-order chi connectivity index (χ0) is 19.3. The topological polar surface area (TPSA) is 52.6 Å². The van der Waals surface area contributed by atoms with E-state index in [-0.39, 0.29) is 38.0 Å². The first-order valence-corrected chi connectivity index (χ1v) is 10.3. The van der Waals surface area contributed by atoms with Crippen LogP contribution >= 0.6 is 0 Å². The van der Waals surface area contributed by atoms with Crippen molar-refractivity contribution < 1.29 is 19.1 Å². The summed E-state index contributed by atoms with van der Waals surface area (Å²) in [5.41, 5.74) is 0. The minimum absolute atomic E-state index is 0.0733. The average Bonchev–Trinajstić information content (AvgIpc) is 2.64. The number of rotatable bonds is 17. The van der Waals surface area contributed by atoms with Gasteiger partial charge in [0.15, 0.2) is 0 Å². The van der Waals surface area contributed by atoms with E-state index in [1.54, 1.807) is 0 Å². The molecular formula is C22H38O4. The molecule has 0 aliphatic rings. The van der Waals surface area contributed by atoms with Crippen LogP contribution in [0.25, 0.3) is 0 Å². The number of hydrogen-bond donors (Lipinski definition) is 0. The number of carbonyl (C=O) groups is 2. The van der Waals surface area contributed by atoms with Crippen LogP contribution in [-0.2, 0) is 19.1 Å². The standard InChI is InChI=1S/C22H38O4/c1-3-5-7-9-11-13-15-19-25-21(23)17-18-22(24)26-20-16-14-12-10-8-6-4-2/h13-16H,3-12,17-20H2,1-2H3/b15-13+,16-14+. The monoisotopic (exact) mass is 366 g/mol. The number of carbonyl (C=O) groups excluding carboxylic acids is 2. The summed E-state index contributed by atoms with van der Waals surface area (Å²) in [6.45, 7) is 4.94. The van der Waals surface area contributed by atoms with Crippen LogP contribution < -0.4 is 0 Å². The summed E-state index contributed by atoms with van der Waals surface area (Å²) in [6, 6.07) is 0. The van der Waals surface area contributed by atoms with Crippen LogP contribution in [0.5, 0.6) is 0 Å². The summed E-state index contributed by atoms with van der Waals surface area (Å²) in [5.74, 6) is -0.715. The van der Waals surface area contributed by atoms with Crippen LogP contribution in [0.15, 0.2) is 24.3 Å². The quantitative estimate of drug-likeness (QED) is 0.182. The van der Waals surface area contributed by atoms with Crippen LogP contribution in [0.1, 0.15) is 90.9 Å². The molecule has 0 bridgehead atoms. The maximum Gasteiger partial charge on any atom is 0.306 e. The lowest BCUT2D eigenvalue weighted by Crippen LogP contribution is -2.10. The molecular weight excluding hydrogens is 328 g/mol. The molecule has 0 saturated heterocycles. The number of hydrogen-bond acceptors (Lipinski definition) is 4. The maximum absolute atomic E-state index is 11.5. The first kappa shape index (κ1) is 24.4. The van der Waals surface area contributed by atoms with Gasteiger partial charge >= 0.3 is 11.9 Å². The highest BCUT2D eigenvalue weighted by Gasteiger charge is 2.07. The predicted molar refractivity (Wildman–Crippen MR) is 107 cm³/mol. The molecule has 0 heterocycles. The Morgan fingerprint density at radius 1 is 0.615 bits per heavy atom. The summed E-state index contributed by atoms with van der Waals surface area (Å²) in [5, 5.41) is 0. The van der Waals surface area contributed by atoms with Crippen molar-refractivity contribution in [2.45, 2.75) is 90.9 Å². The van der Waals surface area contributed by atoms with E-state index in [9.17, 15) is 9.59 Å². The molecule has 0 spiro atoms. The molecule has 4 heteroatoms. The molecule has 0 amide bonds. The molecule has 0 N–H and O–H groups in total. The van der Waals surface area contributed by atoms with Gasteiger partial charge in [-0.2, -0.15) is 0 Å². The highest BCUT2D eigenvalue weighted by atomic mass is 16.5. The van der Waals surface area contributed by atoms with Gasteiger partial charge in [0, 0.05) is 0 Å². The summed E-state index contributed by atoms with van der Waals surface area (Å²) in [6.07, 6.45) is 19.9. The van der Waals surface area contributed by atoms with Gasteiger partial charge in [0.25, 0.3) is 0 Å². The molecule has 0 aromatic rings. The second-order valence-corrected chi connectivity index (χ2v) is 6.51. The molecule has 4 nitrogen and oxygen atoms in total. The summed E-state index contributed by atoms with van der Waals surface area (Å²) in [7, 11) is 0. The molecule has 150 valence electrons. The molecule has 0 atom stereocenters. The fourth-order valence-corrected chi connectivity index (χ4v) is 2.38. The maximum atomic E-state index is 11.5. The van der Waals surface area contributed by atoms with Crippen LogP contribution in [0.3, 0.4) is 0 Å². The van der Waals surface area contributed by atoms with Crippen molar-refractivity contribution >= 4 is 11.9 Å². The fraction of sp³-hybridized carbons (Fsp3) is 0.727. The van der Waals surface area contributed by atoms with Gasteiger partial charge in [-0.15, -0.1) is 0 Å². The Bertz CT molecular complexity index is 361. The molecule has 0 fully saturated rings. The van der Waals surface area contributed by atoms with Crippen molar-refractivity contribution in [2.75, 3.05) is 13.2 Å². The first-order chi connectivity index (χ1) is 12.7. The number of unbranched alkanes of at least 4 members (excludes halogenated alkanes) is 8. The first-order valence-electron chi connectivity index (χ1n) is 10.3. The predicted octanol–water partition coefficient (Wildman–Crippen LogP) is 5.91. The Hall–Kier alpha value is -1.58. The van der Waals surface area contributed by atoms with E-state index >= 15 is 0 Å². The van der Waals surface area contributed by atoms with Crippen molar-refractivity contribution in [1.82, 2.24) is 0 Å². The molecule has 0 saturated carbocycles. The second kappa shape index (κ2) is 19.7. The van der Waals surface area contributed by atoms with E-state index in [2.05, 4.69) is 13.8 Å². The molecule has 0 aliphatic heterocycles. The highest BCUT2D eigenvalue weighted by Crippen LogP contribution is 2.04. The molecule has 0 unspecified atom stereocenters. The lowest BCUT2D eigenvalue weighted by Gasteiger charge is -2.03. The molecule has 0 rings (SSSR count). The summed E-state index contributed by atoms with van der Waals surface area (Å²) >= 11 is 0. The normalized spacial score (nSPS) is 11.3. The molecule has 0 aromatic heterocycles. The van der Waals surface area contributed by atoms with Crippen molar-refractivity contribution in [2.24, 2.45) is 0 Å². The summed E-state index contributed by atoms with van der Waals surface area (Å²) in [4.78, 5) is 23.1. The van der Waals surface area contributed by atoms with Gasteiger partial charge in [-0.25, -0.2) is 0 Å². The Morgan fingerprint density at radius 3 is 1.42 bits per heavy atom. The number of esters is 2. The fourth-order valence-electron chi connectivity index (χ4n) is 2.38. The lowest BCUT2D eigenvalue weighted by molar-refractivity contribution is -0.149. The second-order valence-electron chi connectivity index (χ2n) is 6.51. The van der Waals surface area contributed by atoms with E-state index in [0.717, 1.165) is 12.8 Å². The smallest absolute Gasteiger partial charge is 0.306 e. The number of allylic oxidation sites excluding steroid dienone is 2. The van der Waals surface area contributed by atoms with Gasteiger partial charge < -0.3 is 9.47 Å². The van der Waals surface area contributed by atoms with Crippen molar-refractivity contribution in [3.05, 3.63) is 24.3 Å². The molecule has 26 heavy (non-hydrogen) atoms. The van der Waals surface area contributed by atoms with E-state index in [1.807, 2.05) is 24.3 Å². The summed E-state index contributed by atoms with van der Waals surface area (Å²) < 4.78 is 10.1. The molecule has 0 radical (unpaired) electrons. The van der Waals surface area contributed by atoms with Crippen LogP contribution in [0.4, 0.5) is 0 Å².